The van der Waals surface area contributed by atoms with Gasteiger partial charge in [0.25, 0.3) is 0 Å². The van der Waals surface area contributed by atoms with Crippen LogP contribution < -0.4 is 10.2 Å². The van der Waals surface area contributed by atoms with Crippen molar-refractivity contribution in [1.82, 2.24) is 5.32 Å². The Balaban J connectivity index is 2.24. The predicted octanol–water partition coefficient (Wildman–Crippen LogP) is 3.18. The number of carbonyl (C=O) groups is 1. The monoisotopic (exact) mass is 411 g/mol. The van der Waals surface area contributed by atoms with E-state index >= 15 is 0 Å². The molecule has 0 unspecified atom stereocenters. The lowest BCUT2D eigenvalue weighted by molar-refractivity contribution is -0.140. The second kappa shape index (κ2) is 15.7. The van der Waals surface area contributed by atoms with E-state index in [2.05, 4.69) is 10.5 Å². The van der Waals surface area contributed by atoms with Crippen LogP contribution in [0.15, 0.2) is 29.4 Å². The Morgan fingerprint density at radius 2 is 1.83 bits per heavy atom. The zero-order valence-electron chi connectivity index (χ0n) is 17.3. The molecule has 0 fully saturated rings. The van der Waals surface area contributed by atoms with Crippen LogP contribution in [0, 0.1) is 4.91 Å². The quantitative estimate of drug-likeness (QED) is 0.244. The van der Waals surface area contributed by atoms with Crippen LogP contribution in [0.1, 0.15) is 33.1 Å². The van der Waals surface area contributed by atoms with E-state index in [0.717, 1.165) is 24.9 Å². The third-order valence-electron chi connectivity index (χ3n) is 4.13. The summed E-state index contributed by atoms with van der Waals surface area (Å²) in [7, 11) is 0. The van der Waals surface area contributed by atoms with E-state index in [4.69, 9.17) is 14.2 Å². The first-order valence-corrected chi connectivity index (χ1v) is 10.1. The van der Waals surface area contributed by atoms with Crippen molar-refractivity contribution in [3.63, 3.8) is 0 Å². The molecule has 1 rings (SSSR count). The summed E-state index contributed by atoms with van der Waals surface area (Å²) in [5, 5.41) is 14.8. The van der Waals surface area contributed by atoms with Crippen LogP contribution in [0.5, 0.6) is 0 Å². The average molecular weight is 411 g/mol. The summed E-state index contributed by atoms with van der Waals surface area (Å²) in [5.74, 6) is 0. The van der Waals surface area contributed by atoms with Crippen LogP contribution in [0.25, 0.3) is 0 Å². The number of hydrogen-bond acceptors (Lipinski definition) is 8. The number of rotatable bonds is 16. The molecule has 0 saturated carbocycles. The summed E-state index contributed by atoms with van der Waals surface area (Å²) >= 11 is 0. The molecule has 0 heterocycles. The molecular weight excluding hydrogens is 378 g/mol. The third-order valence-corrected chi connectivity index (χ3v) is 4.13. The molecule has 0 aliphatic heterocycles. The molecule has 0 bridgehead atoms. The molecule has 1 aromatic rings. The Hall–Kier alpha value is -2.23. The zero-order valence-corrected chi connectivity index (χ0v) is 17.3. The Morgan fingerprint density at radius 3 is 2.41 bits per heavy atom. The first-order chi connectivity index (χ1) is 14.1. The van der Waals surface area contributed by atoms with Gasteiger partial charge in [-0.05, 0) is 62.6 Å². The van der Waals surface area contributed by atoms with Gasteiger partial charge in [0.2, 0.25) is 0 Å². The number of anilines is 1. The number of alkyl carbamates (subject to hydrolysis) is 1. The van der Waals surface area contributed by atoms with Crippen molar-refractivity contribution in [1.29, 1.82) is 0 Å². The Kier molecular flexibility index (Phi) is 13.4. The van der Waals surface area contributed by atoms with Gasteiger partial charge in [0.05, 0.1) is 13.2 Å². The van der Waals surface area contributed by atoms with E-state index in [1.54, 1.807) is 24.3 Å². The van der Waals surface area contributed by atoms with Gasteiger partial charge in [-0.1, -0.05) is 0 Å². The summed E-state index contributed by atoms with van der Waals surface area (Å²) in [6.07, 6.45) is 1.80. The Bertz CT molecular complexity index is 564. The number of benzene rings is 1. The maximum absolute atomic E-state index is 11.8. The maximum Gasteiger partial charge on any atom is 0.407 e. The van der Waals surface area contributed by atoms with Gasteiger partial charge in [-0.2, -0.15) is 0 Å². The summed E-state index contributed by atoms with van der Waals surface area (Å²) in [6.45, 7) is 6.56. The molecule has 29 heavy (non-hydrogen) atoms. The number of nitroso groups, excluding NO2 is 1. The van der Waals surface area contributed by atoms with Gasteiger partial charge in [0.1, 0.15) is 12.3 Å². The molecule has 1 aromatic carbocycles. The molecule has 0 aliphatic rings. The summed E-state index contributed by atoms with van der Waals surface area (Å²) in [6, 6.07) is 6.68. The third kappa shape index (κ3) is 10.8. The molecule has 164 valence electrons. The fourth-order valence-corrected chi connectivity index (χ4v) is 2.73. The second-order valence-electron chi connectivity index (χ2n) is 6.22. The number of ether oxygens (including phenoxy) is 3. The van der Waals surface area contributed by atoms with Crippen molar-refractivity contribution in [3.8, 4) is 0 Å². The summed E-state index contributed by atoms with van der Waals surface area (Å²) in [5.41, 5.74) is 1.15. The average Bonchev–Trinajstić information content (AvgIpc) is 2.73. The fourth-order valence-electron chi connectivity index (χ4n) is 2.73. The van der Waals surface area contributed by atoms with Crippen molar-refractivity contribution in [2.75, 3.05) is 51.0 Å². The van der Waals surface area contributed by atoms with Gasteiger partial charge in [-0.3, -0.25) is 0 Å². The van der Waals surface area contributed by atoms with Crippen molar-refractivity contribution in [2.24, 2.45) is 5.18 Å². The van der Waals surface area contributed by atoms with Crippen molar-refractivity contribution >= 4 is 17.5 Å². The molecule has 9 nitrogen and oxygen atoms in total. The molecule has 2 N–H and O–H groups in total. The largest absolute Gasteiger partial charge is 0.448 e. The van der Waals surface area contributed by atoms with Gasteiger partial charge in [0.15, 0.2) is 6.29 Å². The van der Waals surface area contributed by atoms with E-state index in [1.807, 2.05) is 18.7 Å². The summed E-state index contributed by atoms with van der Waals surface area (Å²) in [4.78, 5) is 24.2. The summed E-state index contributed by atoms with van der Waals surface area (Å²) < 4.78 is 16.2. The highest BCUT2D eigenvalue weighted by Crippen LogP contribution is 2.19. The van der Waals surface area contributed by atoms with Gasteiger partial charge < -0.3 is 29.5 Å². The van der Waals surface area contributed by atoms with Crippen LogP contribution in [-0.2, 0) is 14.2 Å². The highest BCUT2D eigenvalue weighted by Gasteiger charge is 2.09. The number of amides is 1. The molecule has 0 aromatic heterocycles. The number of hydrogen-bond donors (Lipinski definition) is 2. The minimum atomic E-state index is -0.472. The molecule has 1 amide bonds. The lowest BCUT2D eigenvalue weighted by Crippen LogP contribution is -2.33. The highest BCUT2D eigenvalue weighted by atomic mass is 16.7. The second-order valence-corrected chi connectivity index (χ2v) is 6.22. The van der Waals surface area contributed by atoms with Crippen molar-refractivity contribution in [2.45, 2.75) is 39.4 Å². The number of carbonyl (C=O) groups excluding carboxylic acids is 1. The SMILES string of the molecule is CCOC(CCCCNC(=O)OCCN(CCO)c1ccc(N=O)cc1)OCC. The first kappa shape index (κ1) is 24.8. The lowest BCUT2D eigenvalue weighted by atomic mass is 10.2. The normalized spacial score (nSPS) is 10.8. The molecule has 0 aliphatic carbocycles. The van der Waals surface area contributed by atoms with Crippen molar-refractivity contribution < 1.29 is 24.1 Å². The van der Waals surface area contributed by atoms with Crippen LogP contribution in [0.3, 0.4) is 0 Å². The van der Waals surface area contributed by atoms with Crippen LogP contribution in [0.4, 0.5) is 16.2 Å². The van der Waals surface area contributed by atoms with E-state index in [-0.39, 0.29) is 19.5 Å². The van der Waals surface area contributed by atoms with Gasteiger partial charge >= 0.3 is 6.09 Å². The van der Waals surface area contributed by atoms with Crippen molar-refractivity contribution in [3.05, 3.63) is 29.2 Å². The highest BCUT2D eigenvalue weighted by molar-refractivity contribution is 5.67. The van der Waals surface area contributed by atoms with E-state index in [9.17, 15) is 14.8 Å². The van der Waals surface area contributed by atoms with Crippen LogP contribution >= 0.6 is 0 Å². The van der Waals surface area contributed by atoms with Crippen LogP contribution in [-0.4, -0.2) is 63.6 Å². The van der Waals surface area contributed by atoms with Gasteiger partial charge in [0, 0.05) is 32.0 Å². The van der Waals surface area contributed by atoms with Gasteiger partial charge in [-0.25, -0.2) is 4.79 Å². The molecule has 0 spiro atoms. The molecule has 0 atom stereocenters. The van der Waals surface area contributed by atoms with E-state index in [0.29, 0.717) is 38.5 Å². The Morgan fingerprint density at radius 1 is 1.14 bits per heavy atom. The molecule has 0 saturated heterocycles. The lowest BCUT2D eigenvalue weighted by Gasteiger charge is -2.23. The topological polar surface area (TPSA) is 110 Å². The predicted molar refractivity (Wildman–Crippen MR) is 111 cm³/mol. The minimum Gasteiger partial charge on any atom is -0.448 e. The zero-order chi connectivity index (χ0) is 21.3. The number of nitrogens with zero attached hydrogens (tertiary/aromatic N) is 2. The number of aliphatic hydroxyl groups excluding tert-OH is 1. The van der Waals surface area contributed by atoms with Crippen LogP contribution in [0.2, 0.25) is 0 Å². The van der Waals surface area contributed by atoms with E-state index < -0.39 is 6.09 Å². The van der Waals surface area contributed by atoms with Gasteiger partial charge in [-0.15, -0.1) is 4.91 Å². The maximum atomic E-state index is 11.8. The number of nitrogens with one attached hydrogen (secondary N) is 1. The molecule has 0 radical (unpaired) electrons. The molecular formula is C20H33N3O6. The fraction of sp³-hybridized carbons (Fsp3) is 0.650. The molecule has 9 heteroatoms. The minimum absolute atomic E-state index is 0.0373. The first-order valence-electron chi connectivity index (χ1n) is 10.1. The standard InChI is InChI=1S/C20H33N3O6/c1-3-27-19(28-4-2)7-5-6-12-21-20(25)29-16-14-23(13-15-24)18-10-8-17(22-26)9-11-18/h8-11,19,24H,3-7,12-16H2,1-2H3,(H,21,25). The number of unbranched alkanes of at least 4 members (excludes halogenated alkanes) is 1. The number of aliphatic hydroxyl groups is 1. The van der Waals surface area contributed by atoms with E-state index in [1.165, 1.54) is 0 Å². The Labute approximate surface area is 172 Å². The smallest absolute Gasteiger partial charge is 0.407 e.